The Hall–Kier alpha value is -3.47. The van der Waals surface area contributed by atoms with Gasteiger partial charge in [-0.3, -0.25) is 4.79 Å². The molecule has 1 N–H and O–H groups in total. The second-order valence-electron chi connectivity index (χ2n) is 7.69. The van der Waals surface area contributed by atoms with E-state index in [4.69, 9.17) is 21.1 Å². The van der Waals surface area contributed by atoms with Crippen molar-refractivity contribution in [1.82, 2.24) is 9.73 Å². The monoisotopic (exact) mass is 533 g/mol. The first-order valence-electron chi connectivity index (χ1n) is 10.7. The molecular formula is C25H25ClFN3O5S. The van der Waals surface area contributed by atoms with Gasteiger partial charge in [0, 0.05) is 17.1 Å². The summed E-state index contributed by atoms with van der Waals surface area (Å²) in [6.45, 7) is 0.746. The summed E-state index contributed by atoms with van der Waals surface area (Å²) in [5.41, 5.74) is 3.72. The summed E-state index contributed by atoms with van der Waals surface area (Å²) in [6.07, 6.45) is 1.37. The van der Waals surface area contributed by atoms with Gasteiger partial charge in [-0.15, -0.1) is 0 Å². The van der Waals surface area contributed by atoms with E-state index in [9.17, 15) is 17.6 Å². The third-order valence-corrected chi connectivity index (χ3v) is 7.35. The molecule has 0 saturated heterocycles. The summed E-state index contributed by atoms with van der Waals surface area (Å²) in [5.74, 6) is -0.402. The summed E-state index contributed by atoms with van der Waals surface area (Å²) in [5, 5.41) is 3.94. The zero-order valence-electron chi connectivity index (χ0n) is 19.9. The summed E-state index contributed by atoms with van der Waals surface area (Å²) >= 11 is 6.12. The van der Waals surface area contributed by atoms with Crippen molar-refractivity contribution in [3.05, 3.63) is 88.2 Å². The van der Waals surface area contributed by atoms with Gasteiger partial charge >= 0.3 is 0 Å². The van der Waals surface area contributed by atoms with Gasteiger partial charge in [0.1, 0.15) is 5.82 Å². The molecule has 0 aliphatic heterocycles. The molecule has 0 fully saturated rings. The van der Waals surface area contributed by atoms with E-state index in [1.807, 2.05) is 6.92 Å². The average molecular weight is 534 g/mol. The van der Waals surface area contributed by atoms with E-state index < -0.39 is 34.8 Å². The summed E-state index contributed by atoms with van der Waals surface area (Å²) in [6, 6.07) is 15.2. The molecule has 0 saturated carbocycles. The number of sulfonamides is 1. The van der Waals surface area contributed by atoms with Gasteiger partial charge in [-0.2, -0.15) is 9.41 Å². The maximum Gasteiger partial charge on any atom is 0.255 e. The predicted molar refractivity (Wildman–Crippen MR) is 135 cm³/mol. The molecule has 1 amide bonds. The number of hydrogen-bond acceptors (Lipinski definition) is 6. The van der Waals surface area contributed by atoms with Gasteiger partial charge in [0.15, 0.2) is 11.5 Å². The van der Waals surface area contributed by atoms with Gasteiger partial charge < -0.3 is 9.47 Å². The Morgan fingerprint density at radius 2 is 1.78 bits per heavy atom. The molecule has 36 heavy (non-hydrogen) atoms. The number of methoxy groups -OCH3 is 2. The van der Waals surface area contributed by atoms with Crippen molar-refractivity contribution >= 4 is 33.7 Å². The second-order valence-corrected chi connectivity index (χ2v) is 10.0. The van der Waals surface area contributed by atoms with E-state index in [2.05, 4.69) is 10.5 Å². The zero-order valence-corrected chi connectivity index (χ0v) is 21.4. The molecule has 3 aromatic rings. The Morgan fingerprint density at radius 3 is 2.42 bits per heavy atom. The lowest BCUT2D eigenvalue weighted by atomic mass is 10.2. The van der Waals surface area contributed by atoms with Crippen LogP contribution >= 0.6 is 11.6 Å². The number of amides is 1. The number of benzene rings is 3. The van der Waals surface area contributed by atoms with E-state index in [0.717, 1.165) is 9.87 Å². The Morgan fingerprint density at radius 1 is 1.08 bits per heavy atom. The van der Waals surface area contributed by atoms with Gasteiger partial charge in [0.05, 0.1) is 31.9 Å². The summed E-state index contributed by atoms with van der Waals surface area (Å²) < 4.78 is 52.4. The van der Waals surface area contributed by atoms with E-state index in [0.29, 0.717) is 17.1 Å². The molecule has 0 aliphatic rings. The highest BCUT2D eigenvalue weighted by atomic mass is 35.5. The fourth-order valence-electron chi connectivity index (χ4n) is 3.25. The first-order chi connectivity index (χ1) is 17.1. The van der Waals surface area contributed by atoms with Crippen molar-refractivity contribution < 1.29 is 27.1 Å². The van der Waals surface area contributed by atoms with Gasteiger partial charge in [0.2, 0.25) is 10.0 Å². The highest BCUT2D eigenvalue weighted by Gasteiger charge is 2.28. The van der Waals surface area contributed by atoms with Crippen molar-refractivity contribution in [2.45, 2.75) is 18.4 Å². The standard InChI is InChI=1S/C25H25ClFN3O5S/c1-17-7-10-19(11-8-17)36(32,33)30(15-20-21(26)5-4-6-22(20)27)16-25(31)29-28-14-18-9-12-23(34-2)24(13-18)35-3/h4-14H,15-16H2,1-3H3,(H,29,31)/b28-14-. The van der Waals surface area contributed by atoms with Crippen LogP contribution in [0.2, 0.25) is 5.02 Å². The maximum absolute atomic E-state index is 14.4. The van der Waals surface area contributed by atoms with Crippen LogP contribution in [0.4, 0.5) is 4.39 Å². The second kappa shape index (κ2) is 12.0. The van der Waals surface area contributed by atoms with Crippen LogP contribution in [0, 0.1) is 12.7 Å². The highest BCUT2D eigenvalue weighted by Crippen LogP contribution is 2.27. The highest BCUT2D eigenvalue weighted by molar-refractivity contribution is 7.89. The molecule has 11 heteroatoms. The Kier molecular flexibility index (Phi) is 9.03. The molecule has 0 heterocycles. The lowest BCUT2D eigenvalue weighted by Gasteiger charge is -2.22. The normalized spacial score (nSPS) is 11.6. The molecule has 3 rings (SSSR count). The molecule has 0 radical (unpaired) electrons. The molecule has 3 aromatic carbocycles. The lowest BCUT2D eigenvalue weighted by Crippen LogP contribution is -2.39. The number of ether oxygens (including phenoxy) is 2. The Balaban J connectivity index is 1.82. The number of nitrogens with zero attached hydrogens (tertiary/aromatic N) is 2. The quantitative estimate of drug-likeness (QED) is 0.312. The maximum atomic E-state index is 14.4. The average Bonchev–Trinajstić information content (AvgIpc) is 2.85. The first kappa shape index (κ1) is 27.1. The number of hydrogen-bond donors (Lipinski definition) is 1. The number of carbonyl (C=O) groups is 1. The molecule has 0 aliphatic carbocycles. The molecule has 0 unspecified atom stereocenters. The Labute approximate surface area is 214 Å². The van der Waals surface area contributed by atoms with Crippen LogP contribution in [-0.2, 0) is 21.4 Å². The SMILES string of the molecule is COc1ccc(/C=N\NC(=O)CN(Cc2c(F)cccc2Cl)S(=O)(=O)c2ccc(C)cc2)cc1OC. The fourth-order valence-corrected chi connectivity index (χ4v) is 4.84. The third kappa shape index (κ3) is 6.60. The van der Waals surface area contributed by atoms with Crippen LogP contribution in [0.5, 0.6) is 11.5 Å². The van der Waals surface area contributed by atoms with E-state index in [1.54, 1.807) is 30.3 Å². The van der Waals surface area contributed by atoms with Crippen molar-refractivity contribution in [3.8, 4) is 11.5 Å². The molecule has 190 valence electrons. The lowest BCUT2D eigenvalue weighted by molar-refractivity contribution is -0.121. The third-order valence-electron chi connectivity index (χ3n) is 5.19. The largest absolute Gasteiger partial charge is 0.493 e. The number of rotatable bonds is 10. The van der Waals surface area contributed by atoms with Gasteiger partial charge in [-0.1, -0.05) is 35.4 Å². The smallest absolute Gasteiger partial charge is 0.255 e. The number of halogens is 2. The molecule has 0 spiro atoms. The molecule has 8 nitrogen and oxygen atoms in total. The van der Waals surface area contributed by atoms with Gasteiger partial charge in [-0.05, 0) is 55.0 Å². The van der Waals surface area contributed by atoms with Crippen LogP contribution in [0.15, 0.2) is 70.7 Å². The van der Waals surface area contributed by atoms with Crippen LogP contribution < -0.4 is 14.9 Å². The molecule has 0 bridgehead atoms. The molecule has 0 atom stereocenters. The molecule has 0 aromatic heterocycles. The number of nitrogens with one attached hydrogen (secondary N) is 1. The van der Waals surface area contributed by atoms with Crippen molar-refractivity contribution in [1.29, 1.82) is 0 Å². The Bertz CT molecular complexity index is 1340. The minimum absolute atomic E-state index is 0.0396. The van der Waals surface area contributed by atoms with Gasteiger partial charge in [0.25, 0.3) is 5.91 Å². The van der Waals surface area contributed by atoms with Crippen LogP contribution in [0.25, 0.3) is 0 Å². The van der Waals surface area contributed by atoms with E-state index in [-0.39, 0.29) is 15.5 Å². The van der Waals surface area contributed by atoms with Crippen LogP contribution in [0.1, 0.15) is 16.7 Å². The van der Waals surface area contributed by atoms with Crippen molar-refractivity contribution in [2.24, 2.45) is 5.10 Å². The number of carbonyl (C=O) groups excluding carboxylic acids is 1. The van der Waals surface area contributed by atoms with E-state index in [1.165, 1.54) is 50.8 Å². The van der Waals surface area contributed by atoms with E-state index >= 15 is 0 Å². The van der Waals surface area contributed by atoms with Crippen molar-refractivity contribution in [2.75, 3.05) is 20.8 Å². The predicted octanol–water partition coefficient (Wildman–Crippen LogP) is 4.15. The zero-order chi connectivity index (χ0) is 26.3. The van der Waals surface area contributed by atoms with Gasteiger partial charge in [-0.25, -0.2) is 18.2 Å². The van der Waals surface area contributed by atoms with Crippen molar-refractivity contribution in [3.63, 3.8) is 0 Å². The van der Waals surface area contributed by atoms with Crippen LogP contribution in [-0.4, -0.2) is 45.6 Å². The minimum Gasteiger partial charge on any atom is -0.493 e. The molecular weight excluding hydrogens is 509 g/mol. The topological polar surface area (TPSA) is 97.3 Å². The summed E-state index contributed by atoms with van der Waals surface area (Å²) in [7, 11) is -1.17. The number of aryl methyl sites for hydroxylation is 1. The van der Waals surface area contributed by atoms with Crippen LogP contribution in [0.3, 0.4) is 0 Å². The number of hydrazone groups is 1. The minimum atomic E-state index is -4.17. The first-order valence-corrected chi connectivity index (χ1v) is 12.5. The fraction of sp³-hybridized carbons (Fsp3) is 0.200. The summed E-state index contributed by atoms with van der Waals surface area (Å²) in [4.78, 5) is 12.6.